The quantitative estimate of drug-likeness (QED) is 0.412. The number of rotatable bonds is 5. The Bertz CT molecular complexity index is 1370. The SMILES string of the molecule is COCCn1cc(C)c(C(=O)O[C@H]2C(C)=CC34C(=O)[C@@H](C=C5COC(C)(C)O[C@H]5[C@]23O)[C@@H]2[C@@H](CC4C)C2(C)C)c1C. The number of aromatic nitrogens is 1. The van der Waals surface area contributed by atoms with Crippen molar-refractivity contribution in [2.75, 3.05) is 20.3 Å². The third-order valence-electron chi connectivity index (χ3n) is 11.2. The molecule has 0 aromatic carbocycles. The van der Waals surface area contributed by atoms with Gasteiger partial charge in [0.1, 0.15) is 6.10 Å². The monoisotopic (exact) mass is 567 g/mol. The summed E-state index contributed by atoms with van der Waals surface area (Å²) < 4.78 is 26.1. The molecule has 2 saturated carbocycles. The Hall–Kier alpha value is -2.26. The second-order valence-corrected chi connectivity index (χ2v) is 14.2. The zero-order valence-electron chi connectivity index (χ0n) is 25.9. The van der Waals surface area contributed by atoms with Gasteiger partial charge in [-0.15, -0.1) is 0 Å². The molecule has 5 aliphatic rings. The van der Waals surface area contributed by atoms with E-state index in [-0.39, 0.29) is 35.6 Å². The highest BCUT2D eigenvalue weighted by molar-refractivity contribution is 5.96. The van der Waals surface area contributed by atoms with Crippen LogP contribution in [-0.2, 0) is 30.3 Å². The number of methoxy groups -OCH3 is 1. The van der Waals surface area contributed by atoms with Crippen LogP contribution >= 0.6 is 0 Å². The van der Waals surface area contributed by atoms with Gasteiger partial charge in [0, 0.05) is 31.5 Å². The first-order chi connectivity index (χ1) is 19.1. The number of fused-ring (bicyclic) bond motifs is 5. The molecule has 4 aliphatic carbocycles. The number of aryl methyl sites for hydroxylation is 1. The molecule has 1 aromatic rings. The second kappa shape index (κ2) is 9.12. The van der Waals surface area contributed by atoms with E-state index in [1.807, 2.05) is 57.5 Å². The summed E-state index contributed by atoms with van der Waals surface area (Å²) in [6, 6.07) is 0. The van der Waals surface area contributed by atoms with E-state index < -0.39 is 35.0 Å². The van der Waals surface area contributed by atoms with E-state index in [0.29, 0.717) is 30.2 Å². The van der Waals surface area contributed by atoms with E-state index in [2.05, 4.69) is 20.8 Å². The Balaban J connectivity index is 1.47. The van der Waals surface area contributed by atoms with Gasteiger partial charge in [0.15, 0.2) is 23.3 Å². The van der Waals surface area contributed by atoms with Crippen molar-refractivity contribution < 1.29 is 33.6 Å². The van der Waals surface area contributed by atoms with Crippen molar-refractivity contribution >= 4 is 11.8 Å². The Kier molecular flexibility index (Phi) is 6.41. The number of aliphatic hydroxyl groups is 1. The van der Waals surface area contributed by atoms with Crippen LogP contribution in [0.3, 0.4) is 0 Å². The molecular formula is C33H45NO7. The maximum atomic E-state index is 14.9. The minimum Gasteiger partial charge on any atom is -0.451 e. The summed E-state index contributed by atoms with van der Waals surface area (Å²) in [5, 5.41) is 13.2. The first-order valence-corrected chi connectivity index (χ1v) is 15.0. The number of ketones is 1. The van der Waals surface area contributed by atoms with Gasteiger partial charge in [0.05, 0.1) is 24.2 Å². The Labute approximate surface area is 243 Å². The van der Waals surface area contributed by atoms with E-state index in [0.717, 1.165) is 23.3 Å². The fourth-order valence-corrected chi connectivity index (χ4v) is 9.02. The van der Waals surface area contributed by atoms with Crippen LogP contribution < -0.4 is 0 Å². The van der Waals surface area contributed by atoms with Crippen molar-refractivity contribution in [1.82, 2.24) is 4.57 Å². The van der Waals surface area contributed by atoms with Crippen LogP contribution in [-0.4, -0.2) is 65.3 Å². The maximum absolute atomic E-state index is 14.9. The minimum atomic E-state index is -1.83. The molecule has 0 radical (unpaired) electrons. The average molecular weight is 568 g/mol. The van der Waals surface area contributed by atoms with Gasteiger partial charge in [0.2, 0.25) is 0 Å². The number of hydrogen-bond acceptors (Lipinski definition) is 7. The third kappa shape index (κ3) is 3.79. The highest BCUT2D eigenvalue weighted by Crippen LogP contribution is 2.72. The maximum Gasteiger partial charge on any atom is 0.340 e. The zero-order valence-corrected chi connectivity index (χ0v) is 25.9. The normalized spacial score (nSPS) is 39.9. The molecule has 2 unspecified atom stereocenters. The number of esters is 1. The molecule has 2 bridgehead atoms. The molecule has 1 spiro atoms. The van der Waals surface area contributed by atoms with Gasteiger partial charge in [-0.05, 0) is 80.9 Å². The van der Waals surface area contributed by atoms with Crippen LogP contribution in [0.1, 0.15) is 69.6 Å². The van der Waals surface area contributed by atoms with Crippen molar-refractivity contribution in [2.24, 2.45) is 34.5 Å². The highest BCUT2D eigenvalue weighted by Gasteiger charge is 2.77. The molecule has 8 atom stereocenters. The average Bonchev–Trinajstić information content (AvgIpc) is 3.22. The second-order valence-electron chi connectivity index (χ2n) is 14.2. The van der Waals surface area contributed by atoms with Crippen molar-refractivity contribution in [3.05, 3.63) is 46.3 Å². The lowest BCUT2D eigenvalue weighted by Crippen LogP contribution is -2.68. The van der Waals surface area contributed by atoms with E-state index in [1.54, 1.807) is 7.11 Å². The highest BCUT2D eigenvalue weighted by atomic mass is 16.7. The standard InChI is InChI=1S/C33H45NO7/c1-17-14-32-19(3)12-23-25(30(23,5)6)22(26(32)35)13-21-16-39-31(7,8)41-28(21)33(32,37)27(17)40-29(36)24-18(2)15-34(20(24)4)10-11-38-9/h13-15,19,22-23,25,27-28,37H,10-12,16H2,1-9H3/t19?,22-,23+,25+,27-,28+,32?,33+/m0/s1. The Morgan fingerprint density at radius 3 is 2.59 bits per heavy atom. The van der Waals surface area contributed by atoms with E-state index in [4.69, 9.17) is 18.9 Å². The lowest BCUT2D eigenvalue weighted by molar-refractivity contribution is -0.302. The number of allylic oxidation sites excluding steroid dienone is 1. The number of hydrogen-bond donors (Lipinski definition) is 1. The molecule has 1 N–H and O–H groups in total. The molecule has 6 rings (SSSR count). The lowest BCUT2D eigenvalue weighted by atomic mass is 9.59. The molecule has 1 aliphatic heterocycles. The fraction of sp³-hybridized carbons (Fsp3) is 0.697. The summed E-state index contributed by atoms with van der Waals surface area (Å²) >= 11 is 0. The molecule has 41 heavy (non-hydrogen) atoms. The topological polar surface area (TPSA) is 96.2 Å². The number of carbonyl (C=O) groups is 2. The van der Waals surface area contributed by atoms with Gasteiger partial charge >= 0.3 is 5.97 Å². The predicted molar refractivity (Wildman–Crippen MR) is 152 cm³/mol. The Morgan fingerprint density at radius 1 is 1.20 bits per heavy atom. The molecule has 8 nitrogen and oxygen atoms in total. The zero-order chi connectivity index (χ0) is 29.9. The number of nitrogens with zero attached hydrogens (tertiary/aromatic N) is 1. The van der Waals surface area contributed by atoms with Crippen LogP contribution in [0.4, 0.5) is 0 Å². The fourth-order valence-electron chi connectivity index (χ4n) is 9.02. The van der Waals surface area contributed by atoms with Gasteiger partial charge < -0.3 is 28.6 Å². The van der Waals surface area contributed by atoms with Crippen molar-refractivity contribution in [2.45, 2.75) is 92.0 Å². The van der Waals surface area contributed by atoms with Crippen LogP contribution in [0.25, 0.3) is 0 Å². The Morgan fingerprint density at radius 2 is 1.90 bits per heavy atom. The molecular weight excluding hydrogens is 522 g/mol. The molecule has 2 heterocycles. The molecule has 1 aromatic heterocycles. The largest absolute Gasteiger partial charge is 0.451 e. The lowest BCUT2D eigenvalue weighted by Gasteiger charge is -2.52. The van der Waals surface area contributed by atoms with Gasteiger partial charge in [-0.25, -0.2) is 4.79 Å². The van der Waals surface area contributed by atoms with Crippen LogP contribution in [0.15, 0.2) is 29.5 Å². The predicted octanol–water partition coefficient (Wildman–Crippen LogP) is 4.54. The summed E-state index contributed by atoms with van der Waals surface area (Å²) in [4.78, 5) is 28.8. The van der Waals surface area contributed by atoms with Gasteiger partial charge in [0.25, 0.3) is 0 Å². The summed E-state index contributed by atoms with van der Waals surface area (Å²) in [6.45, 7) is 17.2. The first kappa shape index (κ1) is 28.8. The third-order valence-corrected chi connectivity index (χ3v) is 11.2. The van der Waals surface area contributed by atoms with Gasteiger partial charge in [-0.3, -0.25) is 4.79 Å². The van der Waals surface area contributed by atoms with Crippen LogP contribution in [0, 0.1) is 48.3 Å². The van der Waals surface area contributed by atoms with E-state index in [1.165, 1.54) is 0 Å². The first-order valence-electron chi connectivity index (χ1n) is 15.0. The van der Waals surface area contributed by atoms with Crippen molar-refractivity contribution in [3.63, 3.8) is 0 Å². The molecule has 1 saturated heterocycles. The number of carbonyl (C=O) groups excluding carboxylic acids is 2. The van der Waals surface area contributed by atoms with Crippen LogP contribution in [0.5, 0.6) is 0 Å². The molecule has 8 heteroatoms. The van der Waals surface area contributed by atoms with Gasteiger partial charge in [-0.1, -0.05) is 32.9 Å². The molecule has 224 valence electrons. The summed E-state index contributed by atoms with van der Waals surface area (Å²) in [5.74, 6) is -1.48. The smallest absolute Gasteiger partial charge is 0.340 e. The summed E-state index contributed by atoms with van der Waals surface area (Å²) in [7, 11) is 1.65. The van der Waals surface area contributed by atoms with Crippen molar-refractivity contribution in [1.29, 1.82) is 0 Å². The van der Waals surface area contributed by atoms with Crippen LogP contribution in [0.2, 0.25) is 0 Å². The molecule has 3 fully saturated rings. The van der Waals surface area contributed by atoms with Gasteiger partial charge in [-0.2, -0.15) is 0 Å². The number of ether oxygens (including phenoxy) is 4. The van der Waals surface area contributed by atoms with Crippen molar-refractivity contribution in [3.8, 4) is 0 Å². The van der Waals surface area contributed by atoms with E-state index >= 15 is 0 Å². The number of Topliss-reactive ketones (excluding diaryl/α,β-unsaturated/α-hetero) is 1. The minimum absolute atomic E-state index is 0.00450. The summed E-state index contributed by atoms with van der Waals surface area (Å²) in [5.41, 5.74) is 0.413. The molecule has 0 amide bonds. The summed E-state index contributed by atoms with van der Waals surface area (Å²) in [6.07, 6.45) is 4.74. The van der Waals surface area contributed by atoms with E-state index in [9.17, 15) is 14.7 Å².